The van der Waals surface area contributed by atoms with Crippen LogP contribution in [0.3, 0.4) is 0 Å². The van der Waals surface area contributed by atoms with Crippen molar-refractivity contribution in [1.82, 2.24) is 14.8 Å². The minimum Gasteiger partial charge on any atom is -0.344 e. The molecule has 5 nitrogen and oxygen atoms in total. The zero-order valence-electron chi connectivity index (χ0n) is 11.8. The van der Waals surface area contributed by atoms with E-state index in [1.165, 1.54) is 6.33 Å². The largest absolute Gasteiger partial charge is 0.344 e. The van der Waals surface area contributed by atoms with E-state index in [1.54, 1.807) is 11.0 Å². The van der Waals surface area contributed by atoms with Gasteiger partial charge in [-0.15, -0.1) is 0 Å². The van der Waals surface area contributed by atoms with E-state index in [9.17, 15) is 0 Å². The SMILES string of the molecule is CC1(C)COC(Cn2cncn2)(c2ccccc2)OC1. The minimum absolute atomic E-state index is 0.0284. The standard InChI is InChI=1S/C15H19N3O2/c1-14(2)9-19-15(20-10-14,8-18-12-16-11-17-18)13-6-4-3-5-7-13/h3-7,11-12H,8-10H2,1-2H3. The molecule has 0 aliphatic carbocycles. The highest BCUT2D eigenvalue weighted by Gasteiger charge is 2.42. The summed E-state index contributed by atoms with van der Waals surface area (Å²) in [5, 5.41) is 4.16. The van der Waals surface area contributed by atoms with Gasteiger partial charge in [-0.05, 0) is 0 Å². The summed E-state index contributed by atoms with van der Waals surface area (Å²) in [6, 6.07) is 10.0. The highest BCUT2D eigenvalue weighted by molar-refractivity contribution is 5.20. The Morgan fingerprint density at radius 2 is 1.85 bits per heavy atom. The van der Waals surface area contributed by atoms with Gasteiger partial charge in [0.15, 0.2) is 0 Å². The van der Waals surface area contributed by atoms with Crippen molar-refractivity contribution in [3.05, 3.63) is 48.5 Å². The Morgan fingerprint density at radius 1 is 1.15 bits per heavy atom. The third-order valence-electron chi connectivity index (χ3n) is 3.44. The van der Waals surface area contributed by atoms with Gasteiger partial charge in [0.1, 0.15) is 19.2 Å². The van der Waals surface area contributed by atoms with Crippen molar-refractivity contribution in [1.29, 1.82) is 0 Å². The summed E-state index contributed by atoms with van der Waals surface area (Å²) in [4.78, 5) is 3.98. The minimum atomic E-state index is -0.787. The van der Waals surface area contributed by atoms with Gasteiger partial charge < -0.3 is 9.47 Å². The smallest absolute Gasteiger partial charge is 0.215 e. The fourth-order valence-corrected chi connectivity index (χ4v) is 2.28. The van der Waals surface area contributed by atoms with E-state index >= 15 is 0 Å². The van der Waals surface area contributed by atoms with Crippen molar-refractivity contribution >= 4 is 0 Å². The van der Waals surface area contributed by atoms with Crippen molar-refractivity contribution in [2.75, 3.05) is 13.2 Å². The molecule has 0 radical (unpaired) electrons. The first-order valence-electron chi connectivity index (χ1n) is 6.76. The van der Waals surface area contributed by atoms with Gasteiger partial charge in [0.05, 0.1) is 13.2 Å². The van der Waals surface area contributed by atoms with Crippen LogP contribution in [0.15, 0.2) is 43.0 Å². The van der Waals surface area contributed by atoms with Crippen LogP contribution >= 0.6 is 0 Å². The third-order valence-corrected chi connectivity index (χ3v) is 3.44. The number of ether oxygens (including phenoxy) is 2. The number of benzene rings is 1. The number of hydrogen-bond donors (Lipinski definition) is 0. The fraction of sp³-hybridized carbons (Fsp3) is 0.467. The Balaban J connectivity index is 1.92. The quantitative estimate of drug-likeness (QED) is 0.860. The van der Waals surface area contributed by atoms with E-state index in [1.807, 2.05) is 30.3 Å². The molecule has 1 aromatic heterocycles. The van der Waals surface area contributed by atoms with Gasteiger partial charge in [0, 0.05) is 11.0 Å². The molecule has 1 aromatic carbocycles. The molecule has 1 saturated heterocycles. The Hall–Kier alpha value is -1.72. The van der Waals surface area contributed by atoms with Gasteiger partial charge in [-0.3, -0.25) is 0 Å². The summed E-state index contributed by atoms with van der Waals surface area (Å²) >= 11 is 0. The average Bonchev–Trinajstić information content (AvgIpc) is 2.95. The van der Waals surface area contributed by atoms with E-state index in [-0.39, 0.29) is 5.41 Å². The van der Waals surface area contributed by atoms with Crippen molar-refractivity contribution < 1.29 is 9.47 Å². The molecule has 1 aliphatic heterocycles. The molecule has 3 rings (SSSR count). The maximum atomic E-state index is 6.13. The van der Waals surface area contributed by atoms with Crippen LogP contribution in [0.2, 0.25) is 0 Å². The number of hydrogen-bond acceptors (Lipinski definition) is 4. The summed E-state index contributed by atoms with van der Waals surface area (Å²) < 4.78 is 14.0. The molecule has 0 spiro atoms. The van der Waals surface area contributed by atoms with Crippen LogP contribution in [-0.4, -0.2) is 28.0 Å². The van der Waals surface area contributed by atoms with Crippen LogP contribution in [0, 0.1) is 5.41 Å². The molecular weight excluding hydrogens is 254 g/mol. The molecule has 0 N–H and O–H groups in total. The van der Waals surface area contributed by atoms with Crippen molar-refractivity contribution in [3.8, 4) is 0 Å². The first-order valence-corrected chi connectivity index (χ1v) is 6.76. The summed E-state index contributed by atoms with van der Waals surface area (Å²) in [6.07, 6.45) is 3.20. The van der Waals surface area contributed by atoms with Gasteiger partial charge in [-0.25, -0.2) is 9.67 Å². The van der Waals surface area contributed by atoms with Gasteiger partial charge >= 0.3 is 0 Å². The van der Waals surface area contributed by atoms with Crippen molar-refractivity contribution in [2.24, 2.45) is 5.41 Å². The Labute approximate surface area is 118 Å². The van der Waals surface area contributed by atoms with Crippen LogP contribution < -0.4 is 0 Å². The van der Waals surface area contributed by atoms with Crippen molar-refractivity contribution in [3.63, 3.8) is 0 Å². The predicted octanol–water partition coefficient (Wildman–Crippen LogP) is 2.20. The van der Waals surface area contributed by atoms with Gasteiger partial charge in [0.25, 0.3) is 0 Å². The van der Waals surface area contributed by atoms with Crippen molar-refractivity contribution in [2.45, 2.75) is 26.2 Å². The van der Waals surface area contributed by atoms with Crippen LogP contribution in [0.25, 0.3) is 0 Å². The molecular formula is C15H19N3O2. The topological polar surface area (TPSA) is 49.2 Å². The second kappa shape index (κ2) is 5.00. The molecule has 2 heterocycles. The average molecular weight is 273 g/mol. The molecule has 0 atom stereocenters. The first-order chi connectivity index (χ1) is 9.60. The van der Waals surface area contributed by atoms with Crippen LogP contribution in [-0.2, 0) is 21.8 Å². The van der Waals surface area contributed by atoms with Gasteiger partial charge in [-0.2, -0.15) is 5.10 Å². The molecule has 5 heteroatoms. The molecule has 1 aliphatic rings. The molecule has 20 heavy (non-hydrogen) atoms. The van der Waals surface area contributed by atoms with Crippen LogP contribution in [0.4, 0.5) is 0 Å². The van der Waals surface area contributed by atoms with Gasteiger partial charge in [-0.1, -0.05) is 44.2 Å². The summed E-state index contributed by atoms with van der Waals surface area (Å²) in [5.41, 5.74) is 1.03. The first kappa shape index (κ1) is 13.3. The normalized spacial score (nSPS) is 20.7. The number of aromatic nitrogens is 3. The third kappa shape index (κ3) is 2.59. The van der Waals surface area contributed by atoms with Gasteiger partial charge in [0.2, 0.25) is 5.79 Å². The number of nitrogens with zero attached hydrogens (tertiary/aromatic N) is 3. The predicted molar refractivity (Wildman–Crippen MR) is 73.8 cm³/mol. The lowest BCUT2D eigenvalue weighted by atomic mass is 9.93. The maximum Gasteiger partial charge on any atom is 0.215 e. The second-order valence-corrected chi connectivity index (χ2v) is 5.95. The van der Waals surface area contributed by atoms with E-state index < -0.39 is 5.79 Å². The Morgan fingerprint density at radius 3 is 2.45 bits per heavy atom. The van der Waals surface area contributed by atoms with Crippen LogP contribution in [0.1, 0.15) is 19.4 Å². The monoisotopic (exact) mass is 273 g/mol. The zero-order chi connectivity index (χ0) is 14.1. The highest BCUT2D eigenvalue weighted by Crippen LogP contribution is 2.37. The molecule has 0 amide bonds. The summed E-state index contributed by atoms with van der Waals surface area (Å²) in [5.74, 6) is -0.787. The van der Waals surface area contributed by atoms with E-state index in [2.05, 4.69) is 23.9 Å². The maximum absolute atomic E-state index is 6.13. The fourth-order valence-electron chi connectivity index (χ4n) is 2.28. The molecule has 2 aromatic rings. The van der Waals surface area contributed by atoms with E-state index in [4.69, 9.17) is 9.47 Å². The second-order valence-electron chi connectivity index (χ2n) is 5.95. The summed E-state index contributed by atoms with van der Waals surface area (Å²) in [7, 11) is 0. The lowest BCUT2D eigenvalue weighted by Gasteiger charge is -2.43. The molecule has 0 saturated carbocycles. The zero-order valence-corrected chi connectivity index (χ0v) is 11.8. The lowest BCUT2D eigenvalue weighted by molar-refractivity contribution is -0.315. The molecule has 0 bridgehead atoms. The lowest BCUT2D eigenvalue weighted by Crippen LogP contribution is -2.48. The van der Waals surface area contributed by atoms with Crippen LogP contribution in [0.5, 0.6) is 0 Å². The highest BCUT2D eigenvalue weighted by atomic mass is 16.7. The van der Waals surface area contributed by atoms with E-state index in [0.29, 0.717) is 19.8 Å². The number of rotatable bonds is 3. The molecule has 106 valence electrons. The Bertz CT molecular complexity index is 542. The summed E-state index contributed by atoms with van der Waals surface area (Å²) in [6.45, 7) is 6.06. The van der Waals surface area contributed by atoms with E-state index in [0.717, 1.165) is 5.56 Å². The molecule has 1 fully saturated rings. The Kier molecular flexibility index (Phi) is 3.31. The molecule has 0 unspecified atom stereocenters.